The second-order valence-corrected chi connectivity index (χ2v) is 4.35. The molecule has 0 saturated heterocycles. The van der Waals surface area contributed by atoms with Crippen LogP contribution in [0.5, 0.6) is 11.5 Å². The number of carbonyl (C=O) groups excluding carboxylic acids is 1. The Morgan fingerprint density at radius 3 is 2.44 bits per heavy atom. The van der Waals surface area contributed by atoms with Crippen LogP contribution in [0.25, 0.3) is 6.08 Å². The average molecular weight is 283 g/mol. The van der Waals surface area contributed by atoms with Crippen LogP contribution in [0.3, 0.4) is 0 Å². The van der Waals surface area contributed by atoms with Gasteiger partial charge in [-0.3, -0.25) is 4.79 Å². The highest BCUT2D eigenvalue weighted by molar-refractivity contribution is 9.12. The Balaban J connectivity index is 2.56. The molecule has 0 aliphatic heterocycles. The van der Waals surface area contributed by atoms with Gasteiger partial charge in [0.25, 0.3) is 0 Å². The van der Waals surface area contributed by atoms with Crippen molar-refractivity contribution in [3.05, 3.63) is 27.7 Å². The minimum Gasteiger partial charge on any atom is -0.493 e. The number of hydrogen-bond donors (Lipinski definition) is 0. The molecule has 0 aromatic heterocycles. The summed E-state index contributed by atoms with van der Waals surface area (Å²) in [6.07, 6.45) is 2.20. The fourth-order valence-electron chi connectivity index (χ4n) is 1.70. The molecule has 1 aromatic carbocycles. The predicted molar refractivity (Wildman–Crippen MR) is 65.2 cm³/mol. The highest BCUT2D eigenvalue weighted by Crippen LogP contribution is 2.34. The number of ether oxygens (including phenoxy) is 2. The van der Waals surface area contributed by atoms with Crippen LogP contribution in [-0.4, -0.2) is 20.0 Å². The van der Waals surface area contributed by atoms with Crippen molar-refractivity contribution in [2.24, 2.45) is 0 Å². The third kappa shape index (κ3) is 1.85. The van der Waals surface area contributed by atoms with Gasteiger partial charge >= 0.3 is 0 Å². The Kier molecular flexibility index (Phi) is 3.01. The number of carbonyl (C=O) groups is 1. The van der Waals surface area contributed by atoms with Crippen molar-refractivity contribution in [2.45, 2.75) is 6.42 Å². The maximum absolute atomic E-state index is 11.5. The van der Waals surface area contributed by atoms with E-state index in [-0.39, 0.29) is 5.78 Å². The van der Waals surface area contributed by atoms with E-state index in [9.17, 15) is 4.79 Å². The van der Waals surface area contributed by atoms with E-state index in [2.05, 4.69) is 15.9 Å². The SMILES string of the molecule is COc1cc2c(cc1OC)CC(=O)C(Br)=C2. The molecule has 0 spiro atoms. The molecule has 0 atom stereocenters. The molecular formula is C12H11BrO3. The second-order valence-electron chi connectivity index (χ2n) is 3.50. The number of allylic oxidation sites excluding steroid dienone is 1. The summed E-state index contributed by atoms with van der Waals surface area (Å²) in [4.78, 5) is 11.5. The largest absolute Gasteiger partial charge is 0.493 e. The lowest BCUT2D eigenvalue weighted by molar-refractivity contribution is -0.114. The van der Waals surface area contributed by atoms with Crippen molar-refractivity contribution in [3.8, 4) is 11.5 Å². The van der Waals surface area contributed by atoms with E-state index < -0.39 is 0 Å². The van der Waals surface area contributed by atoms with Crippen LogP contribution >= 0.6 is 15.9 Å². The predicted octanol–water partition coefficient (Wildman–Crippen LogP) is 2.56. The van der Waals surface area contributed by atoms with Crippen LogP contribution in [0.15, 0.2) is 16.6 Å². The monoisotopic (exact) mass is 282 g/mol. The van der Waals surface area contributed by atoms with E-state index in [0.717, 1.165) is 11.1 Å². The molecule has 2 rings (SSSR count). The van der Waals surface area contributed by atoms with Gasteiger partial charge in [0.05, 0.1) is 18.7 Å². The summed E-state index contributed by atoms with van der Waals surface area (Å²) >= 11 is 3.25. The van der Waals surface area contributed by atoms with E-state index in [0.29, 0.717) is 22.4 Å². The average Bonchev–Trinajstić information content (AvgIpc) is 2.29. The molecule has 3 nitrogen and oxygen atoms in total. The number of Topliss-reactive ketones (excluding diaryl/α,β-unsaturated/α-hetero) is 1. The highest BCUT2D eigenvalue weighted by Gasteiger charge is 2.19. The number of halogens is 1. The van der Waals surface area contributed by atoms with Crippen LogP contribution < -0.4 is 9.47 Å². The van der Waals surface area contributed by atoms with Gasteiger partial charge in [0, 0.05) is 6.42 Å². The summed E-state index contributed by atoms with van der Waals surface area (Å²) < 4.78 is 11.0. The lowest BCUT2D eigenvalue weighted by Crippen LogP contribution is -2.09. The summed E-state index contributed by atoms with van der Waals surface area (Å²) in [6.45, 7) is 0. The normalized spacial score (nSPS) is 14.2. The summed E-state index contributed by atoms with van der Waals surface area (Å²) in [5.74, 6) is 1.41. The molecule has 1 aliphatic carbocycles. The molecule has 0 heterocycles. The van der Waals surface area contributed by atoms with Crippen molar-refractivity contribution in [3.63, 3.8) is 0 Å². The fourth-order valence-corrected chi connectivity index (χ4v) is 2.09. The lowest BCUT2D eigenvalue weighted by Gasteiger charge is -2.16. The molecule has 0 bridgehead atoms. The zero-order valence-electron chi connectivity index (χ0n) is 9.04. The van der Waals surface area contributed by atoms with Gasteiger partial charge in [0.1, 0.15) is 0 Å². The molecule has 16 heavy (non-hydrogen) atoms. The summed E-state index contributed by atoms with van der Waals surface area (Å²) in [5.41, 5.74) is 1.95. The summed E-state index contributed by atoms with van der Waals surface area (Å²) in [7, 11) is 3.18. The van der Waals surface area contributed by atoms with Crippen molar-refractivity contribution in [1.82, 2.24) is 0 Å². The number of benzene rings is 1. The Bertz CT molecular complexity index is 477. The van der Waals surface area contributed by atoms with Gasteiger partial charge in [-0.1, -0.05) is 0 Å². The molecule has 0 fully saturated rings. The van der Waals surface area contributed by atoms with E-state index in [1.54, 1.807) is 14.2 Å². The first kappa shape index (κ1) is 11.2. The van der Waals surface area contributed by atoms with Gasteiger partial charge in [0.2, 0.25) is 0 Å². The zero-order valence-corrected chi connectivity index (χ0v) is 10.6. The second kappa shape index (κ2) is 4.29. The molecule has 0 N–H and O–H groups in total. The first-order chi connectivity index (χ1) is 7.65. The first-order valence-corrected chi connectivity index (χ1v) is 5.60. The third-order valence-corrected chi connectivity index (χ3v) is 3.22. The first-order valence-electron chi connectivity index (χ1n) is 4.81. The van der Waals surface area contributed by atoms with Crippen molar-refractivity contribution >= 4 is 27.8 Å². The number of fused-ring (bicyclic) bond motifs is 1. The van der Waals surface area contributed by atoms with Gasteiger partial charge in [-0.25, -0.2) is 0 Å². The molecule has 84 valence electrons. The fraction of sp³-hybridized carbons (Fsp3) is 0.250. The van der Waals surface area contributed by atoms with E-state index in [4.69, 9.17) is 9.47 Å². The number of rotatable bonds is 2. The van der Waals surface area contributed by atoms with Crippen LogP contribution in [0.1, 0.15) is 11.1 Å². The Morgan fingerprint density at radius 1 is 1.19 bits per heavy atom. The summed E-state index contributed by atoms with van der Waals surface area (Å²) in [5, 5.41) is 0. The summed E-state index contributed by atoms with van der Waals surface area (Å²) in [6, 6.07) is 3.73. The van der Waals surface area contributed by atoms with Crippen molar-refractivity contribution in [1.29, 1.82) is 0 Å². The Labute approximate surface area is 102 Å². The lowest BCUT2D eigenvalue weighted by atomic mass is 9.96. The topological polar surface area (TPSA) is 35.5 Å². The smallest absolute Gasteiger partial charge is 0.174 e. The zero-order chi connectivity index (χ0) is 11.7. The minimum absolute atomic E-state index is 0.0831. The van der Waals surface area contributed by atoms with E-state index in [1.165, 1.54) is 0 Å². The third-order valence-electron chi connectivity index (χ3n) is 2.55. The van der Waals surface area contributed by atoms with E-state index >= 15 is 0 Å². The molecule has 0 saturated carbocycles. The van der Waals surface area contributed by atoms with Crippen LogP contribution in [0.2, 0.25) is 0 Å². The van der Waals surface area contributed by atoms with E-state index in [1.807, 2.05) is 18.2 Å². The number of ketones is 1. The molecule has 0 unspecified atom stereocenters. The van der Waals surface area contributed by atoms with Crippen LogP contribution in [0, 0.1) is 0 Å². The number of hydrogen-bond acceptors (Lipinski definition) is 3. The van der Waals surface area contributed by atoms with Gasteiger partial charge in [0.15, 0.2) is 17.3 Å². The van der Waals surface area contributed by atoms with Gasteiger partial charge in [-0.05, 0) is 45.3 Å². The van der Waals surface area contributed by atoms with Crippen LogP contribution in [0.4, 0.5) is 0 Å². The molecule has 4 heteroatoms. The minimum atomic E-state index is 0.0831. The Hall–Kier alpha value is -1.29. The van der Waals surface area contributed by atoms with Gasteiger partial charge in [-0.15, -0.1) is 0 Å². The number of methoxy groups -OCH3 is 2. The highest BCUT2D eigenvalue weighted by atomic mass is 79.9. The van der Waals surface area contributed by atoms with Crippen LogP contribution in [-0.2, 0) is 11.2 Å². The standard InChI is InChI=1S/C12H11BrO3/c1-15-11-5-7-3-9(13)10(14)4-8(7)6-12(11)16-2/h3,5-6H,4H2,1-2H3. The molecule has 1 aromatic rings. The van der Waals surface area contributed by atoms with Crippen molar-refractivity contribution in [2.75, 3.05) is 14.2 Å². The molecule has 1 aliphatic rings. The molecule has 0 amide bonds. The van der Waals surface area contributed by atoms with Crippen molar-refractivity contribution < 1.29 is 14.3 Å². The maximum atomic E-state index is 11.5. The molecule has 0 radical (unpaired) electrons. The van der Waals surface area contributed by atoms with Gasteiger partial charge in [-0.2, -0.15) is 0 Å². The molecular weight excluding hydrogens is 272 g/mol. The maximum Gasteiger partial charge on any atom is 0.174 e. The Morgan fingerprint density at radius 2 is 1.81 bits per heavy atom. The quantitative estimate of drug-likeness (QED) is 0.836. The van der Waals surface area contributed by atoms with Gasteiger partial charge < -0.3 is 9.47 Å².